The summed E-state index contributed by atoms with van der Waals surface area (Å²) in [4.78, 5) is 14.3. The molecule has 10 heteroatoms. The highest BCUT2D eigenvalue weighted by Gasteiger charge is 2.32. The van der Waals surface area contributed by atoms with E-state index in [0.717, 1.165) is 29.7 Å². The van der Waals surface area contributed by atoms with Gasteiger partial charge in [0.1, 0.15) is 17.7 Å². The Kier molecular flexibility index (Phi) is 7.25. The molecule has 1 aromatic carbocycles. The van der Waals surface area contributed by atoms with Crippen molar-refractivity contribution in [2.75, 3.05) is 30.0 Å². The zero-order valence-electron chi connectivity index (χ0n) is 18.5. The molecule has 0 radical (unpaired) electrons. The number of halogens is 1. The number of thiophene rings is 1. The number of sulfone groups is 1. The number of rotatable bonds is 8. The van der Waals surface area contributed by atoms with E-state index in [1.807, 2.05) is 0 Å². The Labute approximate surface area is 197 Å². The fraction of sp³-hybridized carbons (Fsp3) is 0.522. The number of anilines is 1. The highest BCUT2D eigenvalue weighted by atomic mass is 32.2. The molecule has 1 amide bonds. The summed E-state index contributed by atoms with van der Waals surface area (Å²) in [5.41, 5.74) is 1.56. The van der Waals surface area contributed by atoms with Gasteiger partial charge >= 0.3 is 0 Å². The van der Waals surface area contributed by atoms with Crippen LogP contribution in [0.5, 0.6) is 5.75 Å². The maximum absolute atomic E-state index is 13.7. The lowest BCUT2D eigenvalue weighted by molar-refractivity contribution is 0.0940. The fourth-order valence-corrected chi connectivity index (χ4v) is 7.39. The second kappa shape index (κ2) is 9.99. The first-order valence-corrected chi connectivity index (χ1v) is 13.8. The predicted molar refractivity (Wildman–Crippen MR) is 126 cm³/mol. The van der Waals surface area contributed by atoms with Crippen LogP contribution in [0.3, 0.4) is 0 Å². The Morgan fingerprint density at radius 1 is 1.33 bits per heavy atom. The molecular formula is C23H29FN2O5S2. The van der Waals surface area contributed by atoms with Crippen LogP contribution in [0.25, 0.3) is 0 Å². The fourth-order valence-electron chi connectivity index (χ4n) is 4.30. The Balaban J connectivity index is 1.44. The quantitative estimate of drug-likeness (QED) is 0.519. The smallest absolute Gasteiger partial charge is 0.254 e. The summed E-state index contributed by atoms with van der Waals surface area (Å²) in [5.74, 6) is -0.106. The van der Waals surface area contributed by atoms with E-state index in [1.165, 1.54) is 23.5 Å². The van der Waals surface area contributed by atoms with E-state index in [1.54, 1.807) is 12.1 Å². The molecule has 3 atom stereocenters. The van der Waals surface area contributed by atoms with E-state index >= 15 is 0 Å². The highest BCUT2D eigenvalue weighted by molar-refractivity contribution is 7.91. The van der Waals surface area contributed by atoms with Gasteiger partial charge in [-0.2, -0.15) is 0 Å². The van der Waals surface area contributed by atoms with Crippen molar-refractivity contribution in [2.24, 2.45) is 5.92 Å². The van der Waals surface area contributed by atoms with E-state index in [9.17, 15) is 22.7 Å². The zero-order valence-corrected chi connectivity index (χ0v) is 20.1. The van der Waals surface area contributed by atoms with Crippen molar-refractivity contribution in [3.8, 4) is 5.75 Å². The standard InChI is InChI=1S/C23H29FN2O5S2/c1-14-6-7-17-20(10-14)32-23(21(17)22(28)26-15-8-9-33(29,30)13-15)25-11-16(27)12-31-19-5-3-2-4-18(19)24/h2-5,14-16,25,27H,6-13H2,1H3,(H,26,28). The van der Waals surface area contributed by atoms with Gasteiger partial charge < -0.3 is 20.5 Å². The highest BCUT2D eigenvalue weighted by Crippen LogP contribution is 2.39. The number of aliphatic hydroxyl groups excluding tert-OH is 1. The summed E-state index contributed by atoms with van der Waals surface area (Å²) in [5, 5.41) is 17.1. The lowest BCUT2D eigenvalue weighted by Gasteiger charge is -2.19. The van der Waals surface area contributed by atoms with Gasteiger partial charge in [-0.15, -0.1) is 11.3 Å². The van der Waals surface area contributed by atoms with E-state index in [-0.39, 0.29) is 42.4 Å². The third kappa shape index (κ3) is 5.85. The molecule has 3 unspecified atom stereocenters. The third-order valence-corrected chi connectivity index (χ3v) is 9.05. The average molecular weight is 497 g/mol. The number of ether oxygens (including phenoxy) is 1. The monoisotopic (exact) mass is 496 g/mol. The number of aliphatic hydroxyl groups is 1. The molecule has 0 saturated carbocycles. The molecule has 1 saturated heterocycles. The number of hydrogen-bond donors (Lipinski definition) is 3. The van der Waals surface area contributed by atoms with Crippen LogP contribution in [0.2, 0.25) is 0 Å². The molecule has 4 rings (SSSR count). The van der Waals surface area contributed by atoms with Crippen molar-refractivity contribution in [3.63, 3.8) is 0 Å². The summed E-state index contributed by atoms with van der Waals surface area (Å²) >= 11 is 1.51. The van der Waals surface area contributed by atoms with Gasteiger partial charge in [0.25, 0.3) is 5.91 Å². The first-order valence-electron chi connectivity index (χ1n) is 11.2. The van der Waals surface area contributed by atoms with Crippen LogP contribution < -0.4 is 15.4 Å². The summed E-state index contributed by atoms with van der Waals surface area (Å²) in [6.45, 7) is 2.21. The van der Waals surface area contributed by atoms with Crippen LogP contribution in [0.1, 0.15) is 40.6 Å². The van der Waals surface area contributed by atoms with Crippen molar-refractivity contribution < 1.29 is 27.4 Å². The van der Waals surface area contributed by atoms with Crippen molar-refractivity contribution in [1.29, 1.82) is 0 Å². The van der Waals surface area contributed by atoms with Crippen LogP contribution in [0.15, 0.2) is 24.3 Å². The van der Waals surface area contributed by atoms with Crippen molar-refractivity contribution >= 4 is 32.1 Å². The lowest BCUT2D eigenvalue weighted by atomic mass is 9.88. The van der Waals surface area contributed by atoms with Crippen LogP contribution in [0, 0.1) is 11.7 Å². The number of hydrogen-bond acceptors (Lipinski definition) is 7. The molecule has 2 aliphatic rings. The molecule has 1 aliphatic heterocycles. The maximum atomic E-state index is 13.7. The molecule has 2 aromatic rings. The van der Waals surface area contributed by atoms with Crippen molar-refractivity contribution in [2.45, 2.75) is 44.8 Å². The second-order valence-electron chi connectivity index (χ2n) is 8.91. The number of fused-ring (bicyclic) bond motifs is 1. The van der Waals surface area contributed by atoms with E-state index in [0.29, 0.717) is 22.9 Å². The van der Waals surface area contributed by atoms with Crippen LogP contribution in [-0.2, 0) is 22.7 Å². The van der Waals surface area contributed by atoms with Gasteiger partial charge in [0.05, 0.1) is 17.1 Å². The van der Waals surface area contributed by atoms with Crippen molar-refractivity contribution in [1.82, 2.24) is 5.32 Å². The maximum Gasteiger partial charge on any atom is 0.254 e. The van der Waals surface area contributed by atoms with Crippen molar-refractivity contribution in [3.05, 3.63) is 46.1 Å². The normalized spacial score (nSPS) is 22.4. The molecule has 180 valence electrons. The van der Waals surface area contributed by atoms with Crippen LogP contribution >= 0.6 is 11.3 Å². The van der Waals surface area contributed by atoms with Gasteiger partial charge in [-0.1, -0.05) is 19.1 Å². The molecule has 3 N–H and O–H groups in total. The molecule has 0 spiro atoms. The molecule has 1 fully saturated rings. The minimum absolute atomic E-state index is 0.0308. The van der Waals surface area contributed by atoms with Crippen LogP contribution in [-0.4, -0.2) is 56.2 Å². The minimum Gasteiger partial charge on any atom is -0.488 e. The molecule has 7 nitrogen and oxygen atoms in total. The molecule has 2 heterocycles. The topological polar surface area (TPSA) is 105 Å². The van der Waals surface area contributed by atoms with Gasteiger partial charge in [0.15, 0.2) is 21.4 Å². The Morgan fingerprint density at radius 2 is 2.12 bits per heavy atom. The molecule has 1 aromatic heterocycles. The van der Waals surface area contributed by atoms with Gasteiger partial charge in [-0.3, -0.25) is 4.79 Å². The Hall–Kier alpha value is -2.17. The predicted octanol–water partition coefficient (Wildman–Crippen LogP) is 2.78. The summed E-state index contributed by atoms with van der Waals surface area (Å²) in [7, 11) is -3.10. The minimum atomic E-state index is -3.10. The van der Waals surface area contributed by atoms with Gasteiger partial charge in [0.2, 0.25) is 0 Å². The second-order valence-corrected chi connectivity index (χ2v) is 12.2. The number of benzene rings is 1. The Morgan fingerprint density at radius 3 is 2.85 bits per heavy atom. The molecule has 33 heavy (non-hydrogen) atoms. The van der Waals surface area contributed by atoms with E-state index < -0.39 is 21.8 Å². The van der Waals surface area contributed by atoms with Crippen LogP contribution in [0.4, 0.5) is 9.39 Å². The number of amides is 1. The Bertz CT molecular complexity index is 1120. The number of para-hydroxylation sites is 1. The average Bonchev–Trinajstić information content (AvgIpc) is 3.29. The molecule has 0 bridgehead atoms. The third-order valence-electron chi connectivity index (χ3n) is 6.07. The summed E-state index contributed by atoms with van der Waals surface area (Å²) in [6.07, 6.45) is 2.17. The first-order chi connectivity index (χ1) is 15.7. The van der Waals surface area contributed by atoms with E-state index in [4.69, 9.17) is 4.74 Å². The van der Waals surface area contributed by atoms with Gasteiger partial charge in [-0.05, 0) is 49.3 Å². The molecule has 1 aliphatic carbocycles. The van der Waals surface area contributed by atoms with E-state index in [2.05, 4.69) is 17.6 Å². The first kappa shape index (κ1) is 24.0. The number of nitrogens with one attached hydrogen (secondary N) is 2. The summed E-state index contributed by atoms with van der Waals surface area (Å²) in [6, 6.07) is 5.62. The van der Waals surface area contributed by atoms with Gasteiger partial charge in [0, 0.05) is 17.5 Å². The SMILES string of the molecule is CC1CCc2c(sc(NCC(O)COc3ccccc3F)c2C(=O)NC2CCS(=O)(=O)C2)C1. The van der Waals surface area contributed by atoms with Gasteiger partial charge in [-0.25, -0.2) is 12.8 Å². The lowest BCUT2D eigenvalue weighted by Crippen LogP contribution is -2.36. The summed E-state index contributed by atoms with van der Waals surface area (Å²) < 4.78 is 42.6. The largest absolute Gasteiger partial charge is 0.488 e. The number of carbonyl (C=O) groups is 1. The number of carbonyl (C=O) groups excluding carboxylic acids is 1. The zero-order chi connectivity index (χ0) is 23.6. The molecular weight excluding hydrogens is 467 g/mol.